The Morgan fingerprint density at radius 2 is 1.95 bits per heavy atom. The number of hydrogen-bond acceptors (Lipinski definition) is 4. The summed E-state index contributed by atoms with van der Waals surface area (Å²) in [5, 5.41) is 0.473. The van der Waals surface area contributed by atoms with Crippen LogP contribution in [0.2, 0.25) is 5.02 Å². The quantitative estimate of drug-likeness (QED) is 0.850. The van der Waals surface area contributed by atoms with E-state index in [4.69, 9.17) is 31.5 Å². The van der Waals surface area contributed by atoms with Crippen LogP contribution >= 0.6 is 11.6 Å². The van der Waals surface area contributed by atoms with Gasteiger partial charge in [-0.2, -0.15) is 0 Å². The monoisotopic (exact) mass is 277 g/mol. The largest absolute Gasteiger partial charge is 0.457 e. The average Bonchev–Trinajstić information content (AvgIpc) is 2.83. The van der Waals surface area contributed by atoms with Crippen LogP contribution in [0.5, 0.6) is 23.0 Å². The van der Waals surface area contributed by atoms with Gasteiger partial charge in [-0.25, -0.2) is 0 Å². The van der Waals surface area contributed by atoms with E-state index in [1.54, 1.807) is 18.2 Å². The van der Waals surface area contributed by atoms with Crippen molar-refractivity contribution in [2.75, 3.05) is 12.5 Å². The Hall–Kier alpha value is -2.07. The Balaban J connectivity index is 1.91. The van der Waals surface area contributed by atoms with Crippen molar-refractivity contribution in [2.45, 2.75) is 6.92 Å². The average molecular weight is 278 g/mol. The van der Waals surface area contributed by atoms with Gasteiger partial charge in [0.1, 0.15) is 11.5 Å². The molecule has 0 aliphatic carbocycles. The number of ether oxygens (including phenoxy) is 3. The topological polar surface area (TPSA) is 53.7 Å². The van der Waals surface area contributed by atoms with Gasteiger partial charge in [0.25, 0.3) is 0 Å². The molecular weight excluding hydrogens is 266 g/mol. The third-order valence-corrected chi connectivity index (χ3v) is 3.19. The van der Waals surface area contributed by atoms with E-state index >= 15 is 0 Å². The minimum atomic E-state index is 0.242. The first kappa shape index (κ1) is 12.0. The molecular formula is C14H12ClNO3. The Kier molecular flexibility index (Phi) is 2.87. The summed E-state index contributed by atoms with van der Waals surface area (Å²) in [6, 6.07) is 8.90. The van der Waals surface area contributed by atoms with E-state index < -0.39 is 0 Å². The number of anilines is 1. The molecule has 1 aliphatic rings. The van der Waals surface area contributed by atoms with Gasteiger partial charge in [-0.15, -0.1) is 0 Å². The molecule has 2 aromatic rings. The van der Waals surface area contributed by atoms with Gasteiger partial charge in [-0.1, -0.05) is 11.6 Å². The third kappa shape index (κ3) is 2.27. The number of benzene rings is 2. The highest BCUT2D eigenvalue weighted by Crippen LogP contribution is 2.38. The maximum absolute atomic E-state index is 6.00. The summed E-state index contributed by atoms with van der Waals surface area (Å²) >= 11 is 6.00. The second-order valence-electron chi connectivity index (χ2n) is 4.26. The highest BCUT2D eigenvalue weighted by Gasteiger charge is 2.14. The van der Waals surface area contributed by atoms with Gasteiger partial charge in [0.15, 0.2) is 11.5 Å². The minimum absolute atomic E-state index is 0.242. The lowest BCUT2D eigenvalue weighted by molar-refractivity contribution is 0.174. The summed E-state index contributed by atoms with van der Waals surface area (Å²) in [5.74, 6) is 2.72. The Labute approximate surface area is 115 Å². The SMILES string of the molecule is Cc1cc(N)c(Cl)cc1Oc1ccc2c(c1)OCO2. The van der Waals surface area contributed by atoms with Gasteiger partial charge in [0, 0.05) is 12.1 Å². The van der Waals surface area contributed by atoms with Crippen molar-refractivity contribution in [2.24, 2.45) is 0 Å². The number of rotatable bonds is 2. The van der Waals surface area contributed by atoms with E-state index in [9.17, 15) is 0 Å². The molecule has 98 valence electrons. The molecule has 0 saturated carbocycles. The zero-order valence-electron chi connectivity index (χ0n) is 10.3. The lowest BCUT2D eigenvalue weighted by atomic mass is 10.2. The molecule has 0 fully saturated rings. The van der Waals surface area contributed by atoms with E-state index in [0.717, 1.165) is 11.3 Å². The summed E-state index contributed by atoms with van der Waals surface area (Å²) in [4.78, 5) is 0. The molecule has 19 heavy (non-hydrogen) atoms. The van der Waals surface area contributed by atoms with Crippen LogP contribution in [0.25, 0.3) is 0 Å². The smallest absolute Gasteiger partial charge is 0.231 e. The number of nitrogens with two attached hydrogens (primary N) is 1. The molecule has 2 aromatic carbocycles. The number of aryl methyl sites for hydroxylation is 1. The molecule has 0 unspecified atom stereocenters. The van der Waals surface area contributed by atoms with Crippen molar-refractivity contribution in [1.29, 1.82) is 0 Å². The number of fused-ring (bicyclic) bond motifs is 1. The molecule has 3 rings (SSSR count). The number of nitrogen functional groups attached to an aromatic ring is 1. The predicted molar refractivity (Wildman–Crippen MR) is 73.2 cm³/mol. The molecule has 1 heterocycles. The van der Waals surface area contributed by atoms with Crippen molar-refractivity contribution in [3.63, 3.8) is 0 Å². The van der Waals surface area contributed by atoms with Crippen LogP contribution < -0.4 is 19.9 Å². The summed E-state index contributed by atoms with van der Waals surface area (Å²) in [6.45, 7) is 2.15. The second-order valence-corrected chi connectivity index (χ2v) is 4.66. The summed E-state index contributed by atoms with van der Waals surface area (Å²) in [7, 11) is 0. The summed E-state index contributed by atoms with van der Waals surface area (Å²) < 4.78 is 16.3. The number of halogens is 1. The molecule has 0 radical (unpaired) electrons. The van der Waals surface area contributed by atoms with Crippen LogP contribution in [0.1, 0.15) is 5.56 Å². The van der Waals surface area contributed by atoms with Gasteiger partial charge in [-0.3, -0.25) is 0 Å². The summed E-state index contributed by atoms with van der Waals surface area (Å²) in [5.41, 5.74) is 7.19. The highest BCUT2D eigenvalue weighted by molar-refractivity contribution is 6.33. The van der Waals surface area contributed by atoms with Crippen LogP contribution in [0.15, 0.2) is 30.3 Å². The standard InChI is InChI=1S/C14H12ClNO3/c1-8-4-11(16)10(15)6-13(8)19-9-2-3-12-14(5-9)18-7-17-12/h2-6H,7,16H2,1H3. The lowest BCUT2D eigenvalue weighted by Gasteiger charge is -2.11. The third-order valence-electron chi connectivity index (χ3n) is 2.87. The van der Waals surface area contributed by atoms with E-state index in [1.165, 1.54) is 0 Å². The summed E-state index contributed by atoms with van der Waals surface area (Å²) in [6.07, 6.45) is 0. The van der Waals surface area contributed by atoms with Gasteiger partial charge in [0.2, 0.25) is 6.79 Å². The fraction of sp³-hybridized carbons (Fsp3) is 0.143. The fourth-order valence-electron chi connectivity index (χ4n) is 1.86. The second kappa shape index (κ2) is 4.55. The molecule has 0 amide bonds. The molecule has 4 nitrogen and oxygen atoms in total. The zero-order chi connectivity index (χ0) is 13.4. The lowest BCUT2D eigenvalue weighted by Crippen LogP contribution is -1.93. The normalized spacial score (nSPS) is 12.5. The molecule has 0 saturated heterocycles. The van der Waals surface area contributed by atoms with Crippen molar-refractivity contribution >= 4 is 17.3 Å². The first-order valence-corrected chi connectivity index (χ1v) is 6.14. The maximum atomic E-state index is 6.00. The Morgan fingerprint density at radius 3 is 2.79 bits per heavy atom. The molecule has 5 heteroatoms. The van der Waals surface area contributed by atoms with Crippen LogP contribution in [-0.4, -0.2) is 6.79 Å². The van der Waals surface area contributed by atoms with E-state index in [2.05, 4.69) is 0 Å². The first-order valence-electron chi connectivity index (χ1n) is 5.76. The van der Waals surface area contributed by atoms with Gasteiger partial charge >= 0.3 is 0 Å². The van der Waals surface area contributed by atoms with Gasteiger partial charge in [0.05, 0.1) is 10.7 Å². The molecule has 0 bridgehead atoms. The highest BCUT2D eigenvalue weighted by atomic mass is 35.5. The fourth-order valence-corrected chi connectivity index (χ4v) is 2.02. The van der Waals surface area contributed by atoms with Crippen molar-refractivity contribution < 1.29 is 14.2 Å². The van der Waals surface area contributed by atoms with Crippen LogP contribution in [-0.2, 0) is 0 Å². The Morgan fingerprint density at radius 1 is 1.16 bits per heavy atom. The first-order chi connectivity index (χ1) is 9.13. The molecule has 0 atom stereocenters. The molecule has 1 aliphatic heterocycles. The van der Waals surface area contributed by atoms with Gasteiger partial charge in [-0.05, 0) is 30.7 Å². The molecule has 0 aromatic heterocycles. The van der Waals surface area contributed by atoms with E-state index in [1.807, 2.05) is 19.1 Å². The van der Waals surface area contributed by atoms with Crippen LogP contribution in [0.3, 0.4) is 0 Å². The van der Waals surface area contributed by atoms with Gasteiger partial charge < -0.3 is 19.9 Å². The van der Waals surface area contributed by atoms with E-state index in [-0.39, 0.29) is 6.79 Å². The zero-order valence-corrected chi connectivity index (χ0v) is 11.0. The molecule has 0 spiro atoms. The van der Waals surface area contributed by atoms with Crippen molar-refractivity contribution in [1.82, 2.24) is 0 Å². The predicted octanol–water partition coefficient (Wildman–Crippen LogP) is 3.75. The maximum Gasteiger partial charge on any atom is 0.231 e. The van der Waals surface area contributed by atoms with Crippen molar-refractivity contribution in [3.05, 3.63) is 40.9 Å². The minimum Gasteiger partial charge on any atom is -0.457 e. The van der Waals surface area contributed by atoms with Crippen LogP contribution in [0, 0.1) is 6.92 Å². The molecule has 2 N–H and O–H groups in total. The number of hydrogen-bond donors (Lipinski definition) is 1. The van der Waals surface area contributed by atoms with Crippen molar-refractivity contribution in [3.8, 4) is 23.0 Å². The van der Waals surface area contributed by atoms with E-state index in [0.29, 0.717) is 28.0 Å². The van der Waals surface area contributed by atoms with Crippen LogP contribution in [0.4, 0.5) is 5.69 Å². The Bertz CT molecular complexity index is 643.